The second-order valence-electron chi connectivity index (χ2n) is 4.94. The number of fused-ring (bicyclic) bond motifs is 1. The third-order valence-corrected chi connectivity index (χ3v) is 3.64. The summed E-state index contributed by atoms with van der Waals surface area (Å²) in [5, 5.41) is 22.6. The minimum Gasteiger partial charge on any atom is -0.507 e. The van der Waals surface area contributed by atoms with Crippen molar-refractivity contribution in [1.82, 2.24) is 5.32 Å². The minimum absolute atomic E-state index is 0.0641. The summed E-state index contributed by atoms with van der Waals surface area (Å²) in [6.07, 6.45) is -0.107. The van der Waals surface area contributed by atoms with Gasteiger partial charge < -0.3 is 15.5 Å². The first-order chi connectivity index (χ1) is 9.66. The number of benzene rings is 2. The Morgan fingerprint density at radius 1 is 1.10 bits per heavy atom. The molecule has 0 unspecified atom stereocenters. The summed E-state index contributed by atoms with van der Waals surface area (Å²) >= 11 is 0. The molecule has 0 aromatic heterocycles. The number of phenolic OH excluding ortho intramolecular Hbond substituents is 1. The highest BCUT2D eigenvalue weighted by Crippen LogP contribution is 2.31. The van der Waals surface area contributed by atoms with Gasteiger partial charge in [0.25, 0.3) is 5.91 Å². The zero-order valence-corrected chi connectivity index (χ0v) is 10.8. The molecule has 0 spiro atoms. The quantitative estimate of drug-likeness (QED) is 0.778. The molecule has 1 amide bonds. The fourth-order valence-electron chi connectivity index (χ4n) is 2.63. The fraction of sp³-hybridized carbons (Fsp3) is 0.188. The molecule has 0 saturated heterocycles. The molecule has 102 valence electrons. The summed E-state index contributed by atoms with van der Waals surface area (Å²) < 4.78 is 0. The Labute approximate surface area is 116 Å². The Bertz CT molecular complexity index is 654. The molecule has 2 aromatic rings. The normalized spacial score (nSPS) is 20.4. The van der Waals surface area contributed by atoms with Crippen LogP contribution in [0.5, 0.6) is 5.75 Å². The summed E-state index contributed by atoms with van der Waals surface area (Å²) in [5.74, 6) is -0.449. The molecule has 4 heteroatoms. The molecule has 2 atom stereocenters. The summed E-state index contributed by atoms with van der Waals surface area (Å²) in [6, 6.07) is 13.6. The molecule has 0 radical (unpaired) electrons. The van der Waals surface area contributed by atoms with Gasteiger partial charge in [0.15, 0.2) is 0 Å². The van der Waals surface area contributed by atoms with E-state index >= 15 is 0 Å². The first-order valence-electron chi connectivity index (χ1n) is 6.51. The number of phenols is 1. The molecule has 20 heavy (non-hydrogen) atoms. The van der Waals surface area contributed by atoms with Crippen molar-refractivity contribution < 1.29 is 15.0 Å². The molecular weight excluding hydrogens is 254 g/mol. The van der Waals surface area contributed by atoms with Crippen molar-refractivity contribution in [2.45, 2.75) is 18.6 Å². The van der Waals surface area contributed by atoms with Crippen molar-refractivity contribution >= 4 is 5.91 Å². The van der Waals surface area contributed by atoms with Gasteiger partial charge in [-0.3, -0.25) is 4.79 Å². The number of rotatable bonds is 2. The van der Waals surface area contributed by atoms with Crippen molar-refractivity contribution in [2.24, 2.45) is 0 Å². The lowest BCUT2D eigenvalue weighted by atomic mass is 10.1. The average molecular weight is 269 g/mol. The molecule has 0 saturated carbocycles. The van der Waals surface area contributed by atoms with Crippen molar-refractivity contribution in [3.63, 3.8) is 0 Å². The number of hydrogen-bond acceptors (Lipinski definition) is 3. The molecule has 4 nitrogen and oxygen atoms in total. The van der Waals surface area contributed by atoms with Crippen LogP contribution in [0.15, 0.2) is 48.5 Å². The van der Waals surface area contributed by atoms with Crippen molar-refractivity contribution in [3.05, 3.63) is 65.2 Å². The van der Waals surface area contributed by atoms with Gasteiger partial charge in [-0.25, -0.2) is 0 Å². The van der Waals surface area contributed by atoms with E-state index in [4.69, 9.17) is 0 Å². The van der Waals surface area contributed by atoms with E-state index in [1.165, 1.54) is 6.07 Å². The van der Waals surface area contributed by atoms with Crippen LogP contribution in [-0.4, -0.2) is 22.2 Å². The molecule has 0 heterocycles. The Hall–Kier alpha value is -2.33. The molecule has 0 fully saturated rings. The van der Waals surface area contributed by atoms with Crippen LogP contribution in [0.2, 0.25) is 0 Å². The van der Waals surface area contributed by atoms with E-state index < -0.39 is 12.1 Å². The predicted octanol–water partition coefficient (Wildman–Crippen LogP) is 1.78. The van der Waals surface area contributed by atoms with Gasteiger partial charge >= 0.3 is 0 Å². The van der Waals surface area contributed by atoms with Crippen LogP contribution in [0.3, 0.4) is 0 Å². The van der Waals surface area contributed by atoms with E-state index in [2.05, 4.69) is 5.32 Å². The summed E-state index contributed by atoms with van der Waals surface area (Å²) in [7, 11) is 0. The number of carbonyl (C=O) groups is 1. The SMILES string of the molecule is O=C(N[C@@H]1c2ccccc2C[C@@H]1O)c1ccccc1O. The lowest BCUT2D eigenvalue weighted by Gasteiger charge is -2.18. The molecule has 1 aliphatic rings. The lowest BCUT2D eigenvalue weighted by Crippen LogP contribution is -2.33. The summed E-state index contributed by atoms with van der Waals surface area (Å²) in [4.78, 5) is 12.2. The van der Waals surface area contributed by atoms with Gasteiger partial charge in [0.2, 0.25) is 0 Å². The predicted molar refractivity (Wildman–Crippen MR) is 74.5 cm³/mol. The zero-order chi connectivity index (χ0) is 14.1. The number of carbonyl (C=O) groups excluding carboxylic acids is 1. The second kappa shape index (κ2) is 4.98. The van der Waals surface area contributed by atoms with Gasteiger partial charge in [-0.05, 0) is 23.3 Å². The number of nitrogens with one attached hydrogen (secondary N) is 1. The van der Waals surface area contributed by atoms with Crippen molar-refractivity contribution in [2.75, 3.05) is 0 Å². The van der Waals surface area contributed by atoms with E-state index in [0.717, 1.165) is 11.1 Å². The Balaban J connectivity index is 1.85. The van der Waals surface area contributed by atoms with E-state index in [9.17, 15) is 15.0 Å². The van der Waals surface area contributed by atoms with Crippen LogP contribution in [0.4, 0.5) is 0 Å². The highest BCUT2D eigenvalue weighted by Gasteiger charge is 2.32. The number of para-hydroxylation sites is 1. The van der Waals surface area contributed by atoms with Crippen LogP contribution in [0.1, 0.15) is 27.5 Å². The van der Waals surface area contributed by atoms with Crippen molar-refractivity contribution in [1.29, 1.82) is 0 Å². The van der Waals surface area contributed by atoms with Crippen LogP contribution in [0, 0.1) is 0 Å². The molecular formula is C16H15NO3. The topological polar surface area (TPSA) is 69.6 Å². The lowest BCUT2D eigenvalue weighted by molar-refractivity contribution is 0.0855. The average Bonchev–Trinajstić information content (AvgIpc) is 2.76. The largest absolute Gasteiger partial charge is 0.507 e. The fourth-order valence-corrected chi connectivity index (χ4v) is 2.63. The maximum Gasteiger partial charge on any atom is 0.255 e. The molecule has 3 rings (SSSR count). The summed E-state index contributed by atoms with van der Waals surface area (Å²) in [6.45, 7) is 0. The first-order valence-corrected chi connectivity index (χ1v) is 6.51. The van der Waals surface area contributed by atoms with Gasteiger partial charge in [0.1, 0.15) is 5.75 Å². The first kappa shape index (κ1) is 12.7. The number of aliphatic hydroxyl groups is 1. The third-order valence-electron chi connectivity index (χ3n) is 3.64. The molecule has 0 aliphatic heterocycles. The Morgan fingerprint density at radius 2 is 1.80 bits per heavy atom. The summed E-state index contributed by atoms with van der Waals surface area (Å²) in [5.41, 5.74) is 2.19. The number of aliphatic hydroxyl groups excluding tert-OH is 1. The maximum absolute atomic E-state index is 12.2. The number of aromatic hydroxyl groups is 1. The second-order valence-corrected chi connectivity index (χ2v) is 4.94. The van der Waals surface area contributed by atoms with Gasteiger partial charge in [-0.2, -0.15) is 0 Å². The van der Waals surface area contributed by atoms with Gasteiger partial charge in [0.05, 0.1) is 17.7 Å². The Morgan fingerprint density at radius 3 is 2.60 bits per heavy atom. The molecule has 0 bridgehead atoms. The maximum atomic E-state index is 12.2. The smallest absolute Gasteiger partial charge is 0.255 e. The van der Waals surface area contributed by atoms with Gasteiger partial charge in [-0.1, -0.05) is 36.4 Å². The van der Waals surface area contributed by atoms with Crippen molar-refractivity contribution in [3.8, 4) is 5.75 Å². The minimum atomic E-state index is -0.637. The Kier molecular flexibility index (Phi) is 3.16. The molecule has 1 aliphatic carbocycles. The van der Waals surface area contributed by atoms with E-state index in [0.29, 0.717) is 6.42 Å². The van der Waals surface area contributed by atoms with E-state index in [1.54, 1.807) is 18.2 Å². The molecule has 2 aromatic carbocycles. The van der Waals surface area contributed by atoms with E-state index in [-0.39, 0.29) is 17.2 Å². The van der Waals surface area contributed by atoms with Gasteiger partial charge in [-0.15, -0.1) is 0 Å². The standard InChI is InChI=1S/C16H15NO3/c18-13-8-4-3-7-12(13)16(20)17-15-11-6-2-1-5-10(11)9-14(15)19/h1-8,14-15,18-19H,9H2,(H,17,20)/t14-,15+/m0/s1. The number of hydrogen-bond donors (Lipinski definition) is 3. The molecule has 3 N–H and O–H groups in total. The monoisotopic (exact) mass is 269 g/mol. The van der Waals surface area contributed by atoms with Crippen LogP contribution < -0.4 is 5.32 Å². The van der Waals surface area contributed by atoms with Gasteiger partial charge in [0, 0.05) is 6.42 Å². The third kappa shape index (κ3) is 2.14. The van der Waals surface area contributed by atoms with Crippen LogP contribution in [-0.2, 0) is 6.42 Å². The van der Waals surface area contributed by atoms with Crippen LogP contribution in [0.25, 0.3) is 0 Å². The number of amides is 1. The highest BCUT2D eigenvalue weighted by molar-refractivity contribution is 5.97. The highest BCUT2D eigenvalue weighted by atomic mass is 16.3. The van der Waals surface area contributed by atoms with Crippen LogP contribution >= 0.6 is 0 Å². The zero-order valence-electron chi connectivity index (χ0n) is 10.8. The van der Waals surface area contributed by atoms with E-state index in [1.807, 2.05) is 24.3 Å².